The zero-order chi connectivity index (χ0) is 23.9. The van der Waals surface area contributed by atoms with Crippen LogP contribution in [0.5, 0.6) is 0 Å². The van der Waals surface area contributed by atoms with Crippen LogP contribution in [-0.4, -0.2) is 45.8 Å². The minimum Gasteiger partial charge on any atom is -0.381 e. The number of aromatic nitrogens is 3. The van der Waals surface area contributed by atoms with Crippen molar-refractivity contribution < 1.29 is 9.53 Å². The third-order valence-corrected chi connectivity index (χ3v) is 7.19. The van der Waals surface area contributed by atoms with E-state index in [0.29, 0.717) is 12.5 Å². The molecule has 6 nitrogen and oxygen atoms in total. The van der Waals surface area contributed by atoms with Crippen LogP contribution in [0.25, 0.3) is 27.9 Å². The van der Waals surface area contributed by atoms with E-state index >= 15 is 0 Å². The molecule has 1 atom stereocenters. The average molecular weight is 499 g/mol. The molecule has 3 aromatic rings. The van der Waals surface area contributed by atoms with Gasteiger partial charge in [0.15, 0.2) is 0 Å². The van der Waals surface area contributed by atoms with Gasteiger partial charge in [-0.05, 0) is 37.7 Å². The van der Waals surface area contributed by atoms with Crippen LogP contribution < -0.4 is 5.32 Å². The minimum absolute atomic E-state index is 0.00961. The molecule has 1 amide bonds. The smallest absolute Gasteiger partial charge is 0.226 e. The van der Waals surface area contributed by atoms with Crippen molar-refractivity contribution in [3.8, 4) is 21.8 Å². The van der Waals surface area contributed by atoms with E-state index in [4.69, 9.17) is 21.3 Å². The van der Waals surface area contributed by atoms with Gasteiger partial charge >= 0.3 is 0 Å². The topological polar surface area (TPSA) is 69.0 Å². The molecule has 8 heteroatoms. The first kappa shape index (κ1) is 24.6. The van der Waals surface area contributed by atoms with Gasteiger partial charge in [0.05, 0.1) is 29.6 Å². The predicted octanol–water partition coefficient (Wildman–Crippen LogP) is 5.42. The summed E-state index contributed by atoms with van der Waals surface area (Å²) >= 11 is 7.75. The summed E-state index contributed by atoms with van der Waals surface area (Å²) in [5.41, 5.74) is 4.88. The summed E-state index contributed by atoms with van der Waals surface area (Å²) < 4.78 is 7.39. The first-order valence-corrected chi connectivity index (χ1v) is 13.1. The monoisotopic (exact) mass is 498 g/mol. The molecule has 34 heavy (non-hydrogen) atoms. The second kappa shape index (κ2) is 11.8. The van der Waals surface area contributed by atoms with Gasteiger partial charge in [0.2, 0.25) is 5.91 Å². The van der Waals surface area contributed by atoms with E-state index in [-0.39, 0.29) is 17.7 Å². The first-order valence-electron chi connectivity index (χ1n) is 11.8. The van der Waals surface area contributed by atoms with Crippen molar-refractivity contribution in [3.63, 3.8) is 0 Å². The molecule has 1 aromatic carbocycles. The first-order chi connectivity index (χ1) is 16.5. The van der Waals surface area contributed by atoms with Gasteiger partial charge < -0.3 is 10.1 Å². The van der Waals surface area contributed by atoms with Gasteiger partial charge in [-0.25, -0.2) is 4.98 Å². The molecule has 3 heterocycles. The zero-order valence-electron chi connectivity index (χ0n) is 19.5. The highest BCUT2D eigenvalue weighted by Gasteiger charge is 2.19. The number of carbonyl (C=O) groups is 1. The molecule has 2 aromatic heterocycles. The third-order valence-electron chi connectivity index (χ3n) is 6.05. The summed E-state index contributed by atoms with van der Waals surface area (Å²) in [6.07, 6.45) is 6.80. The van der Waals surface area contributed by atoms with E-state index in [9.17, 15) is 4.79 Å². The van der Waals surface area contributed by atoms with E-state index in [2.05, 4.69) is 29.1 Å². The molecular formula is C26H31ClN4O2S. The molecule has 1 saturated heterocycles. The van der Waals surface area contributed by atoms with Crippen LogP contribution in [0.3, 0.4) is 0 Å². The number of thiazole rings is 1. The van der Waals surface area contributed by atoms with E-state index in [1.807, 2.05) is 41.4 Å². The summed E-state index contributed by atoms with van der Waals surface area (Å²) in [5, 5.41) is 10.6. The fourth-order valence-electron chi connectivity index (χ4n) is 4.04. The maximum atomic E-state index is 12.5. The van der Waals surface area contributed by atoms with Crippen LogP contribution in [0.2, 0.25) is 0 Å². The number of nitrogens with zero attached hydrogens (tertiary/aromatic N) is 3. The van der Waals surface area contributed by atoms with Crippen molar-refractivity contribution in [3.05, 3.63) is 53.7 Å². The number of halogens is 1. The number of nitrogens with one attached hydrogen (secondary N) is 1. The Bertz CT molecular complexity index is 1100. The van der Waals surface area contributed by atoms with Crippen LogP contribution in [0.4, 0.5) is 0 Å². The number of ether oxygens (including phenoxy) is 1. The number of carbonyl (C=O) groups excluding carboxylic acids is 1. The molecule has 1 fully saturated rings. The van der Waals surface area contributed by atoms with Gasteiger partial charge in [-0.15, -0.1) is 22.9 Å². The normalized spacial score (nSPS) is 15.2. The second-order valence-corrected chi connectivity index (χ2v) is 10.3. The van der Waals surface area contributed by atoms with Crippen molar-refractivity contribution in [1.82, 2.24) is 20.1 Å². The van der Waals surface area contributed by atoms with Crippen LogP contribution in [-0.2, 0) is 22.5 Å². The van der Waals surface area contributed by atoms with Crippen molar-refractivity contribution in [1.29, 1.82) is 0 Å². The number of benzene rings is 1. The van der Waals surface area contributed by atoms with Gasteiger partial charge in [0.25, 0.3) is 0 Å². The lowest BCUT2D eigenvalue weighted by molar-refractivity contribution is -0.120. The lowest BCUT2D eigenvalue weighted by Crippen LogP contribution is -2.33. The van der Waals surface area contributed by atoms with E-state index < -0.39 is 0 Å². The molecule has 0 saturated carbocycles. The number of rotatable bonds is 10. The molecule has 0 bridgehead atoms. The largest absolute Gasteiger partial charge is 0.381 e. The van der Waals surface area contributed by atoms with Crippen LogP contribution in [0, 0.1) is 5.92 Å². The lowest BCUT2D eigenvalue weighted by atomic mass is 10.0. The van der Waals surface area contributed by atoms with Crippen molar-refractivity contribution in [2.24, 2.45) is 5.92 Å². The summed E-state index contributed by atoms with van der Waals surface area (Å²) in [6.45, 7) is 8.82. The zero-order valence-corrected chi connectivity index (χ0v) is 21.1. The summed E-state index contributed by atoms with van der Waals surface area (Å²) in [7, 11) is 0. The lowest BCUT2D eigenvalue weighted by Gasteiger charge is -2.22. The maximum absolute atomic E-state index is 12.5. The number of hydrogen-bond acceptors (Lipinski definition) is 5. The van der Waals surface area contributed by atoms with Gasteiger partial charge in [-0.2, -0.15) is 5.10 Å². The highest BCUT2D eigenvalue weighted by atomic mass is 35.5. The Morgan fingerprint density at radius 2 is 2.12 bits per heavy atom. The number of aryl methyl sites for hydroxylation is 1. The maximum Gasteiger partial charge on any atom is 0.226 e. The fraction of sp³-hybridized carbons (Fsp3) is 0.423. The molecule has 0 radical (unpaired) electrons. The Morgan fingerprint density at radius 3 is 2.82 bits per heavy atom. The van der Waals surface area contributed by atoms with E-state index in [0.717, 1.165) is 72.1 Å². The number of hydrogen-bond donors (Lipinski definition) is 1. The molecular weight excluding hydrogens is 468 g/mol. The molecule has 1 aliphatic heterocycles. The Morgan fingerprint density at radius 1 is 1.35 bits per heavy atom. The minimum atomic E-state index is 0.00961. The second-order valence-electron chi connectivity index (χ2n) is 8.71. The number of amides is 1. The molecule has 1 aliphatic rings. The SMILES string of the molecule is C=Cc1ccc(-c2c(-c3nc(CC(=O)NCC4CCOCC4)cs3)cnn2CCC(C)Cl)cc1. The van der Waals surface area contributed by atoms with Crippen molar-refractivity contribution >= 4 is 34.9 Å². The Labute approximate surface area is 210 Å². The van der Waals surface area contributed by atoms with Crippen LogP contribution in [0.15, 0.2) is 42.4 Å². The highest BCUT2D eigenvalue weighted by molar-refractivity contribution is 7.13. The standard InChI is InChI=1S/C26H31ClN4O2S/c1-3-19-4-6-21(7-5-19)25-23(16-29-31(25)11-8-18(2)27)26-30-22(17-34-26)14-24(32)28-15-20-9-12-33-13-10-20/h3-7,16-18,20H,1,8-15H2,2H3,(H,28,32). The van der Waals surface area contributed by atoms with Crippen LogP contribution in [0.1, 0.15) is 37.4 Å². The number of alkyl halides is 1. The quantitative estimate of drug-likeness (QED) is 0.379. The predicted molar refractivity (Wildman–Crippen MR) is 139 cm³/mol. The summed E-state index contributed by atoms with van der Waals surface area (Å²) in [6, 6.07) is 8.25. The molecule has 1 N–H and O–H groups in total. The fourth-order valence-corrected chi connectivity index (χ4v) is 4.97. The molecule has 0 spiro atoms. The van der Waals surface area contributed by atoms with Crippen molar-refractivity contribution in [2.45, 2.75) is 44.5 Å². The van der Waals surface area contributed by atoms with Crippen molar-refractivity contribution in [2.75, 3.05) is 19.8 Å². The van der Waals surface area contributed by atoms with Gasteiger partial charge in [0, 0.05) is 42.6 Å². The average Bonchev–Trinajstić information content (AvgIpc) is 3.49. The summed E-state index contributed by atoms with van der Waals surface area (Å²) in [5.74, 6) is 0.510. The highest BCUT2D eigenvalue weighted by Crippen LogP contribution is 2.34. The molecule has 180 valence electrons. The van der Waals surface area contributed by atoms with Crippen LogP contribution >= 0.6 is 22.9 Å². The van der Waals surface area contributed by atoms with Gasteiger partial charge in [-0.1, -0.05) is 36.9 Å². The summed E-state index contributed by atoms with van der Waals surface area (Å²) in [4.78, 5) is 17.3. The van der Waals surface area contributed by atoms with Gasteiger partial charge in [0.1, 0.15) is 5.01 Å². The molecule has 4 rings (SSSR count). The van der Waals surface area contributed by atoms with Gasteiger partial charge in [-0.3, -0.25) is 9.48 Å². The Hall–Kier alpha value is -2.48. The third kappa shape index (κ3) is 6.34. The van der Waals surface area contributed by atoms with E-state index in [1.165, 1.54) is 0 Å². The molecule has 0 aliphatic carbocycles. The Kier molecular flexibility index (Phi) is 8.53. The Balaban J connectivity index is 1.50. The molecule has 1 unspecified atom stereocenters. The van der Waals surface area contributed by atoms with E-state index in [1.54, 1.807) is 11.3 Å².